The number of aliphatic carboxylic acids is 1. The van der Waals surface area contributed by atoms with E-state index < -0.39 is 5.97 Å². The highest BCUT2D eigenvalue weighted by molar-refractivity contribution is 5.66. The second-order valence-electron chi connectivity index (χ2n) is 6.05. The van der Waals surface area contributed by atoms with Gasteiger partial charge in [0.25, 0.3) is 0 Å². The van der Waals surface area contributed by atoms with Crippen LogP contribution in [0.15, 0.2) is 12.1 Å². The summed E-state index contributed by atoms with van der Waals surface area (Å²) in [4.78, 5) is 10.6. The van der Waals surface area contributed by atoms with Crippen molar-refractivity contribution in [2.75, 3.05) is 13.2 Å². The fourth-order valence-corrected chi connectivity index (χ4v) is 2.60. The van der Waals surface area contributed by atoms with Crippen LogP contribution in [0, 0.1) is 12.3 Å². The van der Waals surface area contributed by atoms with E-state index in [0.29, 0.717) is 6.42 Å². The molecule has 0 bridgehead atoms. The van der Waals surface area contributed by atoms with Crippen LogP contribution < -0.4 is 9.47 Å². The molecule has 0 aromatic heterocycles. The third-order valence-electron chi connectivity index (χ3n) is 4.26. The van der Waals surface area contributed by atoms with Crippen molar-refractivity contribution < 1.29 is 19.4 Å². The van der Waals surface area contributed by atoms with Crippen molar-refractivity contribution in [2.45, 2.75) is 39.0 Å². The molecule has 1 fully saturated rings. The average Bonchev–Trinajstić information content (AvgIpc) is 3.19. The van der Waals surface area contributed by atoms with Gasteiger partial charge < -0.3 is 14.6 Å². The molecule has 108 valence electrons. The lowest BCUT2D eigenvalue weighted by Gasteiger charge is -2.12. The van der Waals surface area contributed by atoms with Gasteiger partial charge in [-0.05, 0) is 55.9 Å². The first-order valence-corrected chi connectivity index (χ1v) is 7.19. The van der Waals surface area contributed by atoms with Crippen molar-refractivity contribution in [1.29, 1.82) is 0 Å². The topological polar surface area (TPSA) is 55.8 Å². The lowest BCUT2D eigenvalue weighted by atomic mass is 10.0. The number of rotatable bonds is 4. The van der Waals surface area contributed by atoms with Crippen molar-refractivity contribution in [1.82, 2.24) is 0 Å². The molecule has 0 unspecified atom stereocenters. The fourth-order valence-electron chi connectivity index (χ4n) is 2.60. The van der Waals surface area contributed by atoms with E-state index in [1.165, 1.54) is 12.8 Å². The number of carboxylic acids is 1. The largest absolute Gasteiger partial charge is 0.489 e. The maximum Gasteiger partial charge on any atom is 0.303 e. The molecular formula is C16H20O4. The number of carboxylic acid groups (broad SMARTS) is 1. The van der Waals surface area contributed by atoms with Gasteiger partial charge in [-0.3, -0.25) is 4.79 Å². The molecule has 4 nitrogen and oxygen atoms in total. The Bertz CT molecular complexity index is 532. The number of aryl methyl sites for hydroxylation is 2. The van der Waals surface area contributed by atoms with Crippen molar-refractivity contribution in [3.63, 3.8) is 0 Å². The van der Waals surface area contributed by atoms with Gasteiger partial charge in [0.05, 0.1) is 13.2 Å². The molecule has 20 heavy (non-hydrogen) atoms. The first-order valence-electron chi connectivity index (χ1n) is 7.19. The summed E-state index contributed by atoms with van der Waals surface area (Å²) in [6.45, 7) is 3.52. The minimum Gasteiger partial charge on any atom is -0.489 e. The summed E-state index contributed by atoms with van der Waals surface area (Å²) in [6, 6.07) is 4.04. The summed E-state index contributed by atoms with van der Waals surface area (Å²) in [7, 11) is 0. The molecule has 1 aromatic rings. The molecule has 4 heteroatoms. The van der Waals surface area contributed by atoms with E-state index in [9.17, 15) is 4.79 Å². The number of ether oxygens (including phenoxy) is 2. The Morgan fingerprint density at radius 1 is 1.25 bits per heavy atom. The Balaban J connectivity index is 1.73. The molecule has 1 aliphatic carbocycles. The molecule has 3 rings (SSSR count). The Hall–Kier alpha value is -1.71. The third kappa shape index (κ3) is 2.74. The highest BCUT2D eigenvalue weighted by atomic mass is 16.5. The summed E-state index contributed by atoms with van der Waals surface area (Å²) in [5, 5.41) is 8.71. The van der Waals surface area contributed by atoms with Gasteiger partial charge in [-0.15, -0.1) is 0 Å². The van der Waals surface area contributed by atoms with Crippen LogP contribution in [0.3, 0.4) is 0 Å². The van der Waals surface area contributed by atoms with Crippen LogP contribution >= 0.6 is 0 Å². The highest BCUT2D eigenvalue weighted by Gasteiger charge is 2.46. The molecule has 1 heterocycles. The van der Waals surface area contributed by atoms with Gasteiger partial charge in [0.15, 0.2) is 11.5 Å². The minimum atomic E-state index is -0.743. The molecule has 1 N–H and O–H groups in total. The quantitative estimate of drug-likeness (QED) is 0.918. The zero-order valence-electron chi connectivity index (χ0n) is 11.8. The summed E-state index contributed by atoms with van der Waals surface area (Å²) in [5.74, 6) is 0.894. The van der Waals surface area contributed by atoms with Gasteiger partial charge in [-0.2, -0.15) is 0 Å². The highest BCUT2D eigenvalue weighted by Crippen LogP contribution is 2.49. The van der Waals surface area contributed by atoms with E-state index in [2.05, 4.69) is 0 Å². The van der Waals surface area contributed by atoms with Crippen LogP contribution in [-0.2, 0) is 11.2 Å². The zero-order valence-corrected chi connectivity index (χ0v) is 11.8. The summed E-state index contributed by atoms with van der Waals surface area (Å²) < 4.78 is 11.8. The molecule has 1 aromatic carbocycles. The molecule has 1 saturated carbocycles. The zero-order chi connectivity index (χ0) is 14.2. The van der Waals surface area contributed by atoms with Gasteiger partial charge in [0.2, 0.25) is 0 Å². The lowest BCUT2D eigenvalue weighted by molar-refractivity contribution is -0.137. The molecule has 0 saturated heterocycles. The van der Waals surface area contributed by atoms with Gasteiger partial charge >= 0.3 is 5.97 Å². The number of benzene rings is 1. The molecule has 0 radical (unpaired) electrons. The van der Waals surface area contributed by atoms with Gasteiger partial charge in [-0.1, -0.05) is 0 Å². The van der Waals surface area contributed by atoms with Crippen LogP contribution in [0.1, 0.15) is 36.8 Å². The molecule has 1 spiro atoms. The van der Waals surface area contributed by atoms with E-state index in [1.54, 1.807) is 0 Å². The van der Waals surface area contributed by atoms with Crippen molar-refractivity contribution in [2.24, 2.45) is 5.41 Å². The van der Waals surface area contributed by atoms with Crippen LogP contribution in [0.5, 0.6) is 11.5 Å². The maximum absolute atomic E-state index is 10.6. The molecular weight excluding hydrogens is 256 g/mol. The monoisotopic (exact) mass is 276 g/mol. The van der Waals surface area contributed by atoms with E-state index in [-0.39, 0.29) is 11.8 Å². The molecule has 2 aliphatic rings. The normalized spacial score (nSPS) is 18.6. The fraction of sp³-hybridized carbons (Fsp3) is 0.562. The van der Waals surface area contributed by atoms with Crippen LogP contribution in [0.25, 0.3) is 0 Å². The predicted molar refractivity (Wildman–Crippen MR) is 74.4 cm³/mol. The summed E-state index contributed by atoms with van der Waals surface area (Å²) in [6.07, 6.45) is 3.99. The number of carbonyl (C=O) groups is 1. The number of hydrogen-bond acceptors (Lipinski definition) is 3. The van der Waals surface area contributed by atoms with Gasteiger partial charge in [0, 0.05) is 11.8 Å². The minimum absolute atomic E-state index is 0.205. The predicted octanol–water partition coefficient (Wildman–Crippen LogP) is 2.95. The van der Waals surface area contributed by atoms with E-state index in [1.807, 2.05) is 19.1 Å². The lowest BCUT2D eigenvalue weighted by Crippen LogP contribution is -2.17. The Kier molecular flexibility index (Phi) is 3.32. The van der Waals surface area contributed by atoms with E-state index in [4.69, 9.17) is 14.6 Å². The summed E-state index contributed by atoms with van der Waals surface area (Å²) in [5.41, 5.74) is 2.54. The molecule has 0 amide bonds. The third-order valence-corrected chi connectivity index (χ3v) is 4.26. The van der Waals surface area contributed by atoms with E-state index >= 15 is 0 Å². The smallest absolute Gasteiger partial charge is 0.303 e. The van der Waals surface area contributed by atoms with Crippen molar-refractivity contribution in [3.05, 3.63) is 23.3 Å². The number of hydrogen-bond donors (Lipinski definition) is 1. The first-order chi connectivity index (χ1) is 9.58. The van der Waals surface area contributed by atoms with Gasteiger partial charge in [-0.25, -0.2) is 0 Å². The SMILES string of the molecule is Cc1cc2c(cc1CCCC(=O)O)OCC1(CC1)CO2. The molecule has 0 atom stereocenters. The van der Waals surface area contributed by atoms with Crippen LogP contribution in [0.4, 0.5) is 0 Å². The maximum atomic E-state index is 10.6. The standard InChI is InChI=1S/C16H20O4/c1-11-7-13-14(8-12(11)3-2-4-15(17)18)20-10-16(5-6-16)9-19-13/h7-8H,2-6,9-10H2,1H3,(H,17,18). The first kappa shape index (κ1) is 13.3. The average molecular weight is 276 g/mol. The Morgan fingerprint density at radius 2 is 1.90 bits per heavy atom. The summed E-state index contributed by atoms with van der Waals surface area (Å²) >= 11 is 0. The van der Waals surface area contributed by atoms with Crippen molar-refractivity contribution >= 4 is 5.97 Å². The molecule has 1 aliphatic heterocycles. The van der Waals surface area contributed by atoms with Crippen molar-refractivity contribution in [3.8, 4) is 11.5 Å². The van der Waals surface area contributed by atoms with Crippen LogP contribution in [0.2, 0.25) is 0 Å². The van der Waals surface area contributed by atoms with Crippen LogP contribution in [-0.4, -0.2) is 24.3 Å². The second kappa shape index (κ2) is 5.00. The number of fused-ring (bicyclic) bond motifs is 1. The Morgan fingerprint density at radius 3 is 2.50 bits per heavy atom. The second-order valence-corrected chi connectivity index (χ2v) is 6.05. The van der Waals surface area contributed by atoms with E-state index in [0.717, 1.165) is 42.3 Å². The Labute approximate surface area is 118 Å². The van der Waals surface area contributed by atoms with Gasteiger partial charge in [0.1, 0.15) is 0 Å².